The second-order valence-electron chi connectivity index (χ2n) is 22.8. The van der Waals surface area contributed by atoms with E-state index in [1.54, 1.807) is 48.6 Å². The topological polar surface area (TPSA) is 159 Å². The number of hydrogen-bond donors (Lipinski definition) is 0. The molecule has 0 amide bonds. The minimum absolute atomic E-state index is 0.101. The van der Waals surface area contributed by atoms with Crippen molar-refractivity contribution in [1.29, 1.82) is 0 Å². The monoisotopic (exact) mass is 1260 g/mol. The Morgan fingerprint density at radius 1 is 0.370 bits per heavy atom. The molecule has 0 saturated carbocycles. The molecule has 0 aromatic heterocycles. The van der Waals surface area contributed by atoms with E-state index in [9.17, 15) is 24.0 Å². The van der Waals surface area contributed by atoms with E-state index in [1.165, 1.54) is 177 Å². The van der Waals surface area contributed by atoms with Gasteiger partial charge in [0.05, 0.1) is 24.3 Å². The first-order valence-corrected chi connectivity index (χ1v) is 32.6. The lowest BCUT2D eigenvalue weighted by molar-refractivity contribution is -0.141. The minimum Gasteiger partial charge on any atom is -0.494 e. The first-order chi connectivity index (χ1) is 44.8. The lowest BCUT2D eigenvalue weighted by atomic mass is 10.1. The molecule has 486 valence electrons. The molecule has 0 N–H and O–H groups in total. The first kappa shape index (κ1) is 70.3. The molecule has 0 saturated heterocycles. The van der Waals surface area contributed by atoms with Crippen LogP contribution >= 0.6 is 0 Å². The van der Waals surface area contributed by atoms with Gasteiger partial charge in [-0.3, -0.25) is 0 Å². The molecule has 7 aromatic carbocycles. The molecule has 0 fully saturated rings. The van der Waals surface area contributed by atoms with Gasteiger partial charge in [0.15, 0.2) is 29.2 Å². The zero-order valence-electron chi connectivity index (χ0n) is 53.3. The average Bonchev–Trinajstić information content (AvgIpc) is 1.00. The summed E-state index contributed by atoms with van der Waals surface area (Å²) in [4.78, 5) is 64.5. The lowest BCUT2D eigenvalue weighted by Gasteiger charge is -2.14. The van der Waals surface area contributed by atoms with E-state index < -0.39 is 47.6 Å². The number of esters is 5. The maximum absolute atomic E-state index is 15.2. The molecule has 1 unspecified atom stereocenters. The Bertz CT molecular complexity index is 3500. The van der Waals surface area contributed by atoms with Crippen molar-refractivity contribution >= 4 is 52.8 Å². The maximum atomic E-state index is 15.2. The summed E-state index contributed by atoms with van der Waals surface area (Å²) < 4.78 is 74.8. The van der Waals surface area contributed by atoms with Crippen LogP contribution in [0.3, 0.4) is 0 Å². The molecule has 0 bridgehead atoms. The van der Waals surface area contributed by atoms with Gasteiger partial charge in [0.2, 0.25) is 0 Å². The van der Waals surface area contributed by atoms with E-state index in [0.29, 0.717) is 18.6 Å². The highest BCUT2D eigenvalue weighted by atomic mass is 19.1. The van der Waals surface area contributed by atoms with Crippen molar-refractivity contribution in [3.63, 3.8) is 0 Å². The highest BCUT2D eigenvalue weighted by Gasteiger charge is 2.20. The lowest BCUT2D eigenvalue weighted by Crippen LogP contribution is -2.28. The molecule has 0 aliphatic rings. The average molecular weight is 1260 g/mol. The normalized spacial score (nSPS) is 11.6. The van der Waals surface area contributed by atoms with Crippen LogP contribution < -0.4 is 37.9 Å². The summed E-state index contributed by atoms with van der Waals surface area (Å²) in [6.45, 7) is 7.25. The highest BCUT2D eigenvalue weighted by molar-refractivity contribution is 5.94. The molecule has 0 aliphatic carbocycles. The number of halogens is 2. The molecule has 0 radical (unpaired) electrons. The summed E-state index contributed by atoms with van der Waals surface area (Å²) in [5.74, 6) is -4.61. The third kappa shape index (κ3) is 25.3. The molecule has 1 atom stereocenters. The van der Waals surface area contributed by atoms with Gasteiger partial charge in [0.25, 0.3) is 0 Å². The van der Waals surface area contributed by atoms with Gasteiger partial charge in [-0.15, -0.1) is 0 Å². The zero-order chi connectivity index (χ0) is 65.1. The van der Waals surface area contributed by atoms with Crippen LogP contribution in [-0.4, -0.2) is 49.2 Å². The summed E-state index contributed by atoms with van der Waals surface area (Å²) in [7, 11) is 0. The van der Waals surface area contributed by atoms with Crippen molar-refractivity contribution in [2.45, 2.75) is 168 Å². The molecule has 15 heteroatoms. The summed E-state index contributed by atoms with van der Waals surface area (Å²) in [6.07, 6.45) is 32.2. The fourth-order valence-electron chi connectivity index (χ4n) is 10.00. The smallest absolute Gasteiger partial charge is 0.352 e. The van der Waals surface area contributed by atoms with Crippen LogP contribution in [0, 0.1) is 11.6 Å². The number of rotatable bonds is 40. The van der Waals surface area contributed by atoms with Gasteiger partial charge in [-0.1, -0.05) is 179 Å². The van der Waals surface area contributed by atoms with E-state index in [4.69, 9.17) is 37.9 Å². The quantitative estimate of drug-likeness (QED) is 0.0155. The number of ether oxygens (including phenoxy) is 8. The fourth-order valence-corrected chi connectivity index (χ4v) is 10.00. The Labute approximate surface area is 540 Å². The molecule has 0 heterocycles. The highest BCUT2D eigenvalue weighted by Crippen LogP contribution is 2.29. The molecular weight excluding hydrogens is 1170 g/mol. The largest absolute Gasteiger partial charge is 0.494 e. The Balaban J connectivity index is 0.782. The maximum Gasteiger partial charge on any atom is 0.352 e. The Morgan fingerprint density at radius 2 is 0.728 bits per heavy atom. The summed E-state index contributed by atoms with van der Waals surface area (Å²) in [5, 5.41) is 1.29. The van der Waals surface area contributed by atoms with Gasteiger partial charge in [0, 0.05) is 12.2 Å². The molecule has 7 rings (SSSR count). The predicted molar refractivity (Wildman–Crippen MR) is 355 cm³/mol. The molecule has 0 aliphatic heterocycles. The fraction of sp³-hybridized carbons (Fsp3) is 0.364. The van der Waals surface area contributed by atoms with Crippen LogP contribution in [0.4, 0.5) is 8.78 Å². The van der Waals surface area contributed by atoms with E-state index in [2.05, 4.69) is 13.8 Å². The van der Waals surface area contributed by atoms with Crippen molar-refractivity contribution < 1.29 is 70.6 Å². The third-order valence-corrected chi connectivity index (χ3v) is 15.3. The molecular formula is C77H86F2O13. The Kier molecular flexibility index (Phi) is 30.0. The van der Waals surface area contributed by atoms with Crippen molar-refractivity contribution in [3.05, 3.63) is 192 Å². The van der Waals surface area contributed by atoms with Crippen LogP contribution in [0.15, 0.2) is 158 Å². The van der Waals surface area contributed by atoms with Crippen molar-refractivity contribution in [2.75, 3.05) is 13.2 Å². The molecule has 13 nitrogen and oxygen atoms in total. The SMILES string of the molecule is CCCCCCCCCCCCCOc1ccc(/C=C/C(=O)Oc2ccc(C(=O)Oc3ccc(OC(C)C(=O)Oc4ccc5ccc(OC(=O)c6ccc(OC(=O)/C=C/c7ccc(OCCCCCCCCCCCCC)cc7)c(F)c6)cc5c4)cc3)cc2F)cc1. The summed E-state index contributed by atoms with van der Waals surface area (Å²) in [5.41, 5.74) is 1.18. The summed E-state index contributed by atoms with van der Waals surface area (Å²) in [6, 6.07) is 36.7. The van der Waals surface area contributed by atoms with Crippen LogP contribution in [0.1, 0.15) is 194 Å². The predicted octanol–water partition coefficient (Wildman–Crippen LogP) is 19.5. The van der Waals surface area contributed by atoms with E-state index >= 15 is 8.78 Å². The molecule has 0 spiro atoms. The van der Waals surface area contributed by atoms with E-state index in [1.807, 2.05) is 48.5 Å². The minimum atomic E-state index is -1.10. The number of fused-ring (bicyclic) bond motifs is 1. The van der Waals surface area contributed by atoms with Gasteiger partial charge in [-0.2, -0.15) is 0 Å². The number of carbonyl (C=O) groups excluding carboxylic acids is 5. The van der Waals surface area contributed by atoms with Crippen LogP contribution in [0.5, 0.6) is 46.0 Å². The van der Waals surface area contributed by atoms with Crippen LogP contribution in [0.25, 0.3) is 22.9 Å². The zero-order valence-corrected chi connectivity index (χ0v) is 53.3. The van der Waals surface area contributed by atoms with Gasteiger partial charge < -0.3 is 37.9 Å². The molecule has 92 heavy (non-hydrogen) atoms. The number of benzene rings is 7. The second kappa shape index (κ2) is 39.2. The standard InChI is InChI=1S/C77H86F2O13/c1-4-6-8-10-12-14-16-18-20-22-24-50-85-63-36-26-57(27-37-63)30-48-73(80)91-71-46-34-60(54-69(71)78)76(83)88-66-44-42-65(43-45-66)87-56(3)75(82)89-67-40-32-59-33-41-68(53-62(59)52-67)90-77(84)61-35-47-72(70(79)55-61)92-74(81)49-31-58-28-38-64(39-29-58)86-51-25-23-21-19-17-15-13-11-9-7-5-2/h26-49,52-56H,4-25,50-51H2,1-3H3/b48-30+,49-31+. The van der Waals surface area contributed by atoms with Crippen molar-refractivity contribution in [3.8, 4) is 46.0 Å². The summed E-state index contributed by atoms with van der Waals surface area (Å²) >= 11 is 0. The number of hydrogen-bond acceptors (Lipinski definition) is 13. The number of unbranched alkanes of at least 4 members (excludes halogenated alkanes) is 20. The second-order valence-corrected chi connectivity index (χ2v) is 22.8. The van der Waals surface area contributed by atoms with Gasteiger partial charge in [0.1, 0.15) is 34.5 Å². The van der Waals surface area contributed by atoms with E-state index in [0.717, 1.165) is 71.9 Å². The van der Waals surface area contributed by atoms with Crippen molar-refractivity contribution in [2.24, 2.45) is 0 Å². The number of carbonyl (C=O) groups is 5. The van der Waals surface area contributed by atoms with Gasteiger partial charge in [-0.25, -0.2) is 32.8 Å². The van der Waals surface area contributed by atoms with Gasteiger partial charge >= 0.3 is 29.8 Å². The Morgan fingerprint density at radius 3 is 1.14 bits per heavy atom. The molecule has 7 aromatic rings. The van der Waals surface area contributed by atoms with Crippen LogP contribution in [-0.2, 0) is 14.4 Å². The third-order valence-electron chi connectivity index (χ3n) is 15.3. The van der Waals surface area contributed by atoms with E-state index in [-0.39, 0.29) is 45.6 Å². The Hall–Kier alpha value is -9.11. The van der Waals surface area contributed by atoms with Gasteiger partial charge in [-0.05, 0) is 163 Å². The first-order valence-electron chi connectivity index (χ1n) is 32.6. The van der Waals surface area contributed by atoms with Crippen molar-refractivity contribution in [1.82, 2.24) is 0 Å². The van der Waals surface area contributed by atoms with Crippen LogP contribution in [0.2, 0.25) is 0 Å².